The molecular weight excluding hydrogens is 247 g/mol. The third-order valence-corrected chi connectivity index (χ3v) is 4.31. The van der Waals surface area contributed by atoms with Gasteiger partial charge in [0.15, 0.2) is 0 Å². The van der Waals surface area contributed by atoms with Crippen LogP contribution in [0.15, 0.2) is 6.07 Å². The summed E-state index contributed by atoms with van der Waals surface area (Å²) >= 11 is 19.4. The fraction of sp³-hybridized carbons (Fsp3) is 0.556. The predicted octanol–water partition coefficient (Wildman–Crippen LogP) is 5.38. The van der Waals surface area contributed by atoms with Crippen molar-refractivity contribution in [2.45, 2.75) is 25.6 Å². The van der Waals surface area contributed by atoms with Crippen LogP contribution in [0.25, 0.3) is 0 Å². The quantitative estimate of drug-likeness (QED) is 0.638. The van der Waals surface area contributed by atoms with Crippen LogP contribution in [0.3, 0.4) is 0 Å². The second-order valence-electron chi connectivity index (χ2n) is 3.07. The summed E-state index contributed by atoms with van der Waals surface area (Å²) in [6.45, 7) is 4.22. The number of hydrogen-bond donors (Lipinski definition) is 0. The van der Waals surface area contributed by atoms with Crippen molar-refractivity contribution >= 4 is 46.1 Å². The van der Waals surface area contributed by atoms with Gasteiger partial charge in [-0.3, -0.25) is 0 Å². The SMILES string of the molecule is CCC(C)C(Cl)c1cc(Cl)sc1Cl. The van der Waals surface area contributed by atoms with Crippen molar-refractivity contribution in [1.29, 1.82) is 0 Å². The second-order valence-corrected chi connectivity index (χ2v) is 5.82. The Bertz CT molecular complexity index is 282. The molecule has 0 fully saturated rings. The van der Waals surface area contributed by atoms with Crippen molar-refractivity contribution in [2.75, 3.05) is 0 Å². The smallest absolute Gasteiger partial charge is 0.0991 e. The van der Waals surface area contributed by atoms with E-state index in [1.54, 1.807) is 0 Å². The first-order valence-electron chi connectivity index (χ1n) is 4.15. The van der Waals surface area contributed by atoms with Crippen molar-refractivity contribution in [1.82, 2.24) is 0 Å². The molecule has 0 saturated carbocycles. The molecule has 1 rings (SSSR count). The Hall–Kier alpha value is 0.570. The molecule has 2 unspecified atom stereocenters. The fourth-order valence-corrected chi connectivity index (χ4v) is 3.08. The van der Waals surface area contributed by atoms with Gasteiger partial charge in [-0.15, -0.1) is 22.9 Å². The van der Waals surface area contributed by atoms with E-state index in [1.807, 2.05) is 6.07 Å². The number of alkyl halides is 1. The molecule has 0 nitrogen and oxygen atoms in total. The molecule has 0 aromatic carbocycles. The van der Waals surface area contributed by atoms with E-state index >= 15 is 0 Å². The Kier molecular flexibility index (Phi) is 4.37. The standard InChI is InChI=1S/C9H11Cl3S/c1-3-5(2)8(11)6-4-7(10)13-9(6)12/h4-5,8H,3H2,1-2H3. The number of halogens is 3. The first kappa shape index (κ1) is 11.6. The molecule has 2 atom stereocenters. The van der Waals surface area contributed by atoms with E-state index in [4.69, 9.17) is 34.8 Å². The molecule has 0 bridgehead atoms. The molecule has 1 heterocycles. The minimum absolute atomic E-state index is 0.0266. The third kappa shape index (κ3) is 2.76. The molecule has 0 N–H and O–H groups in total. The third-order valence-electron chi connectivity index (χ3n) is 2.12. The average molecular weight is 258 g/mol. The zero-order valence-electron chi connectivity index (χ0n) is 7.48. The summed E-state index contributed by atoms with van der Waals surface area (Å²) in [7, 11) is 0. The van der Waals surface area contributed by atoms with Crippen molar-refractivity contribution in [3.8, 4) is 0 Å². The Morgan fingerprint density at radius 3 is 2.46 bits per heavy atom. The lowest BCUT2D eigenvalue weighted by molar-refractivity contribution is 0.543. The first-order valence-corrected chi connectivity index (χ1v) is 6.16. The van der Waals surface area contributed by atoms with Gasteiger partial charge in [0.25, 0.3) is 0 Å². The summed E-state index contributed by atoms with van der Waals surface area (Å²) < 4.78 is 1.42. The maximum Gasteiger partial charge on any atom is 0.0991 e. The molecule has 13 heavy (non-hydrogen) atoms. The van der Waals surface area contributed by atoms with Gasteiger partial charge in [-0.25, -0.2) is 0 Å². The van der Waals surface area contributed by atoms with Gasteiger partial charge >= 0.3 is 0 Å². The highest BCUT2D eigenvalue weighted by Gasteiger charge is 2.19. The van der Waals surface area contributed by atoms with Gasteiger partial charge in [0.1, 0.15) is 0 Å². The van der Waals surface area contributed by atoms with Crippen LogP contribution < -0.4 is 0 Å². The monoisotopic (exact) mass is 256 g/mol. The van der Waals surface area contributed by atoms with Crippen LogP contribution in [-0.2, 0) is 0 Å². The maximum atomic E-state index is 6.24. The zero-order chi connectivity index (χ0) is 10.0. The van der Waals surface area contributed by atoms with Gasteiger partial charge < -0.3 is 0 Å². The average Bonchev–Trinajstić information content (AvgIpc) is 2.42. The summed E-state index contributed by atoms with van der Waals surface area (Å²) in [5.74, 6) is 0.421. The second kappa shape index (κ2) is 4.88. The molecule has 74 valence electrons. The van der Waals surface area contributed by atoms with Crippen molar-refractivity contribution in [3.63, 3.8) is 0 Å². The topological polar surface area (TPSA) is 0 Å². The highest BCUT2D eigenvalue weighted by molar-refractivity contribution is 7.20. The van der Waals surface area contributed by atoms with Crippen LogP contribution in [0.1, 0.15) is 31.2 Å². The van der Waals surface area contributed by atoms with Crippen molar-refractivity contribution in [2.24, 2.45) is 5.92 Å². The molecule has 0 amide bonds. The Balaban J connectivity index is 2.87. The summed E-state index contributed by atoms with van der Waals surface area (Å²) in [6.07, 6.45) is 1.04. The van der Waals surface area contributed by atoms with Gasteiger partial charge in [0.2, 0.25) is 0 Å². The number of rotatable bonds is 3. The van der Waals surface area contributed by atoms with E-state index < -0.39 is 0 Å². The number of thiophene rings is 1. The first-order chi connectivity index (χ1) is 6.06. The summed E-state index contributed by atoms with van der Waals surface area (Å²) in [6, 6.07) is 1.86. The van der Waals surface area contributed by atoms with Gasteiger partial charge in [-0.2, -0.15) is 0 Å². The molecule has 4 heteroatoms. The zero-order valence-corrected chi connectivity index (χ0v) is 10.6. The number of hydrogen-bond acceptors (Lipinski definition) is 1. The predicted molar refractivity (Wildman–Crippen MR) is 62.4 cm³/mol. The van der Waals surface area contributed by atoms with Gasteiger partial charge in [0.05, 0.1) is 14.0 Å². The van der Waals surface area contributed by atoms with E-state index in [2.05, 4.69) is 13.8 Å². The van der Waals surface area contributed by atoms with Crippen LogP contribution in [0.2, 0.25) is 8.67 Å². The van der Waals surface area contributed by atoms with Gasteiger partial charge in [0, 0.05) is 5.56 Å². The Morgan fingerprint density at radius 1 is 1.46 bits per heavy atom. The maximum absolute atomic E-state index is 6.24. The highest BCUT2D eigenvalue weighted by Crippen LogP contribution is 2.41. The van der Waals surface area contributed by atoms with E-state index in [-0.39, 0.29) is 5.38 Å². The fourth-order valence-electron chi connectivity index (χ4n) is 1.05. The van der Waals surface area contributed by atoms with Crippen LogP contribution in [0.5, 0.6) is 0 Å². The molecule has 0 spiro atoms. The molecule has 1 aromatic heterocycles. The lowest BCUT2D eigenvalue weighted by atomic mass is 10.0. The van der Waals surface area contributed by atoms with E-state index in [0.717, 1.165) is 12.0 Å². The minimum atomic E-state index is -0.0266. The van der Waals surface area contributed by atoms with Crippen molar-refractivity contribution in [3.05, 3.63) is 20.3 Å². The largest absolute Gasteiger partial charge is 0.117 e. The summed E-state index contributed by atoms with van der Waals surface area (Å²) in [5, 5.41) is -0.0266. The molecule has 0 radical (unpaired) electrons. The summed E-state index contributed by atoms with van der Waals surface area (Å²) in [5.41, 5.74) is 0.965. The Morgan fingerprint density at radius 2 is 2.08 bits per heavy atom. The molecular formula is C9H11Cl3S. The minimum Gasteiger partial charge on any atom is -0.117 e. The molecule has 1 aromatic rings. The van der Waals surface area contributed by atoms with E-state index in [1.165, 1.54) is 11.3 Å². The van der Waals surface area contributed by atoms with E-state index in [0.29, 0.717) is 14.6 Å². The molecule has 0 aliphatic carbocycles. The lowest BCUT2D eigenvalue weighted by Gasteiger charge is -2.14. The van der Waals surface area contributed by atoms with E-state index in [9.17, 15) is 0 Å². The molecule has 0 aliphatic rings. The van der Waals surface area contributed by atoms with Gasteiger partial charge in [-0.1, -0.05) is 43.5 Å². The molecule has 0 saturated heterocycles. The normalized spacial score (nSPS) is 15.8. The van der Waals surface area contributed by atoms with Crippen LogP contribution >= 0.6 is 46.1 Å². The Labute approximate surface area is 97.8 Å². The molecule has 0 aliphatic heterocycles. The highest BCUT2D eigenvalue weighted by atomic mass is 35.5. The van der Waals surface area contributed by atoms with Crippen molar-refractivity contribution < 1.29 is 0 Å². The van der Waals surface area contributed by atoms with Gasteiger partial charge in [-0.05, 0) is 12.0 Å². The van der Waals surface area contributed by atoms with Crippen LogP contribution in [0, 0.1) is 5.92 Å². The van der Waals surface area contributed by atoms with Crippen LogP contribution in [0.4, 0.5) is 0 Å². The lowest BCUT2D eigenvalue weighted by Crippen LogP contribution is -2.01. The van der Waals surface area contributed by atoms with Crippen LogP contribution in [-0.4, -0.2) is 0 Å². The summed E-state index contributed by atoms with van der Waals surface area (Å²) in [4.78, 5) is 0.